The van der Waals surface area contributed by atoms with Crippen molar-refractivity contribution >= 4 is 23.5 Å². The summed E-state index contributed by atoms with van der Waals surface area (Å²) in [6, 6.07) is 7.68. The zero-order chi connectivity index (χ0) is 13.2. The maximum Gasteiger partial charge on any atom is 0.187 e. The molecule has 4 nitrogen and oxygen atoms in total. The zero-order valence-corrected chi connectivity index (χ0v) is 11.2. The summed E-state index contributed by atoms with van der Waals surface area (Å²) in [5, 5.41) is 7.42. The Morgan fingerprint density at radius 3 is 3.00 bits per heavy atom. The van der Waals surface area contributed by atoms with Crippen LogP contribution in [0.5, 0.6) is 5.75 Å². The third-order valence-electron chi connectivity index (χ3n) is 2.00. The number of nitrogens with one attached hydrogen (secondary N) is 2. The van der Waals surface area contributed by atoms with Gasteiger partial charge in [-0.05, 0) is 31.3 Å². The highest BCUT2D eigenvalue weighted by Gasteiger charge is 1.98. The molecule has 96 valence electrons. The van der Waals surface area contributed by atoms with E-state index >= 15 is 0 Å². The van der Waals surface area contributed by atoms with Gasteiger partial charge in [0, 0.05) is 12.1 Å². The lowest BCUT2D eigenvalue weighted by Crippen LogP contribution is -2.31. The Morgan fingerprint density at radius 1 is 1.50 bits per heavy atom. The van der Waals surface area contributed by atoms with Gasteiger partial charge in [0.05, 0.1) is 12.8 Å². The van der Waals surface area contributed by atoms with Gasteiger partial charge in [-0.3, -0.25) is 5.43 Å². The number of benzene rings is 1. The van der Waals surface area contributed by atoms with Crippen LogP contribution in [0.15, 0.2) is 42.0 Å². The molecular formula is C13H17N3OS. The number of hydrogen-bond donors (Lipinski definition) is 2. The fourth-order valence-corrected chi connectivity index (χ4v) is 1.38. The van der Waals surface area contributed by atoms with E-state index in [-0.39, 0.29) is 0 Å². The van der Waals surface area contributed by atoms with E-state index in [0.29, 0.717) is 18.3 Å². The van der Waals surface area contributed by atoms with Crippen LogP contribution < -0.4 is 15.5 Å². The van der Waals surface area contributed by atoms with Gasteiger partial charge in [-0.15, -0.1) is 6.58 Å². The number of nitrogens with zero attached hydrogens (tertiary/aromatic N) is 1. The molecule has 0 radical (unpaired) electrons. The second-order valence-corrected chi connectivity index (χ2v) is 3.75. The molecule has 0 saturated heterocycles. The summed E-state index contributed by atoms with van der Waals surface area (Å²) < 4.78 is 5.48. The molecule has 0 saturated carbocycles. The summed E-state index contributed by atoms with van der Waals surface area (Å²) in [6.07, 6.45) is 3.40. The van der Waals surface area contributed by atoms with Crippen molar-refractivity contribution in [3.05, 3.63) is 42.5 Å². The first-order valence-corrected chi connectivity index (χ1v) is 6.08. The van der Waals surface area contributed by atoms with Gasteiger partial charge in [0.1, 0.15) is 5.75 Å². The van der Waals surface area contributed by atoms with E-state index in [1.165, 1.54) is 0 Å². The van der Waals surface area contributed by atoms with Gasteiger partial charge in [-0.2, -0.15) is 5.10 Å². The van der Waals surface area contributed by atoms with Crippen molar-refractivity contribution in [2.24, 2.45) is 5.10 Å². The van der Waals surface area contributed by atoms with Crippen molar-refractivity contribution in [3.63, 3.8) is 0 Å². The normalized spacial score (nSPS) is 10.1. The van der Waals surface area contributed by atoms with Gasteiger partial charge in [0.2, 0.25) is 0 Å². The number of hydrazone groups is 1. The molecule has 1 rings (SSSR count). The van der Waals surface area contributed by atoms with Gasteiger partial charge in [-0.1, -0.05) is 18.2 Å². The Balaban J connectivity index is 2.55. The predicted octanol–water partition coefficient (Wildman–Crippen LogP) is 2.07. The number of hydrogen-bond acceptors (Lipinski definition) is 3. The highest BCUT2D eigenvalue weighted by atomic mass is 32.1. The minimum atomic E-state index is 0.458. The standard InChI is InChI=1S/C13H17N3OS/c1-3-9-14-13(18)16-15-10-11-7-5-6-8-12(11)17-4-2/h3,5-8,10H,1,4,9H2,2H3,(H2,14,16,18)/b15-10-. The fraction of sp³-hybridized carbons (Fsp3) is 0.231. The van der Waals surface area contributed by atoms with Crippen LogP contribution in [-0.2, 0) is 0 Å². The predicted molar refractivity (Wildman–Crippen MR) is 79.1 cm³/mol. The van der Waals surface area contributed by atoms with E-state index in [1.807, 2.05) is 31.2 Å². The van der Waals surface area contributed by atoms with Gasteiger partial charge in [0.25, 0.3) is 0 Å². The van der Waals surface area contributed by atoms with Crippen molar-refractivity contribution in [3.8, 4) is 5.75 Å². The third kappa shape index (κ3) is 4.97. The zero-order valence-electron chi connectivity index (χ0n) is 10.3. The van der Waals surface area contributed by atoms with E-state index in [4.69, 9.17) is 17.0 Å². The Kier molecular flexibility index (Phi) is 6.50. The Morgan fingerprint density at radius 2 is 2.28 bits per heavy atom. The van der Waals surface area contributed by atoms with Crippen LogP contribution in [0.3, 0.4) is 0 Å². The monoisotopic (exact) mass is 263 g/mol. The van der Waals surface area contributed by atoms with Crippen molar-refractivity contribution in [1.82, 2.24) is 10.7 Å². The van der Waals surface area contributed by atoms with Crippen LogP contribution in [-0.4, -0.2) is 24.5 Å². The lowest BCUT2D eigenvalue weighted by Gasteiger charge is -2.06. The van der Waals surface area contributed by atoms with Gasteiger partial charge in [-0.25, -0.2) is 0 Å². The molecule has 0 spiro atoms. The lowest BCUT2D eigenvalue weighted by atomic mass is 10.2. The topological polar surface area (TPSA) is 45.7 Å². The first kappa shape index (κ1) is 14.2. The average molecular weight is 263 g/mol. The molecule has 1 aromatic carbocycles. The van der Waals surface area contributed by atoms with E-state index in [0.717, 1.165) is 11.3 Å². The molecule has 18 heavy (non-hydrogen) atoms. The summed E-state index contributed by atoms with van der Waals surface area (Å²) in [4.78, 5) is 0. The molecule has 0 fully saturated rings. The number of thiocarbonyl (C=S) groups is 1. The number of rotatable bonds is 6. The molecule has 2 N–H and O–H groups in total. The molecule has 0 amide bonds. The lowest BCUT2D eigenvalue weighted by molar-refractivity contribution is 0.340. The van der Waals surface area contributed by atoms with E-state index in [1.54, 1.807) is 12.3 Å². The summed E-state index contributed by atoms with van der Waals surface area (Å²) in [5.74, 6) is 0.801. The van der Waals surface area contributed by atoms with Gasteiger partial charge in [0.15, 0.2) is 5.11 Å². The van der Waals surface area contributed by atoms with Crippen molar-refractivity contribution in [1.29, 1.82) is 0 Å². The van der Waals surface area contributed by atoms with Crippen LogP contribution in [0.25, 0.3) is 0 Å². The summed E-state index contributed by atoms with van der Waals surface area (Å²) >= 11 is 5.00. The molecule has 0 aliphatic carbocycles. The second-order valence-electron chi connectivity index (χ2n) is 3.34. The minimum absolute atomic E-state index is 0.458. The average Bonchev–Trinajstić information content (AvgIpc) is 2.38. The molecule has 0 aliphatic rings. The highest BCUT2D eigenvalue weighted by molar-refractivity contribution is 7.80. The summed E-state index contributed by atoms with van der Waals surface area (Å²) in [6.45, 7) is 6.76. The molecule has 0 atom stereocenters. The van der Waals surface area contributed by atoms with Crippen molar-refractivity contribution < 1.29 is 4.74 Å². The molecular weight excluding hydrogens is 246 g/mol. The van der Waals surface area contributed by atoms with Crippen LogP contribution in [0.4, 0.5) is 0 Å². The molecule has 0 heterocycles. The summed E-state index contributed by atoms with van der Waals surface area (Å²) in [7, 11) is 0. The molecule has 0 unspecified atom stereocenters. The van der Waals surface area contributed by atoms with Crippen LogP contribution in [0.2, 0.25) is 0 Å². The molecule has 0 aliphatic heterocycles. The second kappa shape index (κ2) is 8.25. The van der Waals surface area contributed by atoms with Crippen LogP contribution in [0.1, 0.15) is 12.5 Å². The van der Waals surface area contributed by atoms with E-state index in [2.05, 4.69) is 22.4 Å². The Bertz CT molecular complexity index is 432. The molecule has 1 aromatic rings. The molecule has 0 aromatic heterocycles. The van der Waals surface area contributed by atoms with Crippen LogP contribution in [0, 0.1) is 0 Å². The van der Waals surface area contributed by atoms with E-state index in [9.17, 15) is 0 Å². The van der Waals surface area contributed by atoms with E-state index < -0.39 is 0 Å². The smallest absolute Gasteiger partial charge is 0.187 e. The molecule has 0 bridgehead atoms. The summed E-state index contributed by atoms with van der Waals surface area (Å²) in [5.41, 5.74) is 3.62. The maximum absolute atomic E-state index is 5.48. The quantitative estimate of drug-likeness (QED) is 0.357. The Labute approximate surface area is 113 Å². The maximum atomic E-state index is 5.48. The first-order chi connectivity index (χ1) is 8.77. The van der Waals surface area contributed by atoms with Crippen molar-refractivity contribution in [2.45, 2.75) is 6.92 Å². The number of para-hydroxylation sites is 1. The highest BCUT2D eigenvalue weighted by Crippen LogP contribution is 2.15. The SMILES string of the molecule is C=CCNC(=S)N/N=C\c1ccccc1OCC. The minimum Gasteiger partial charge on any atom is -0.493 e. The first-order valence-electron chi connectivity index (χ1n) is 5.67. The molecule has 5 heteroatoms. The van der Waals surface area contributed by atoms with Gasteiger partial charge < -0.3 is 10.1 Å². The third-order valence-corrected chi connectivity index (χ3v) is 2.23. The van der Waals surface area contributed by atoms with Crippen molar-refractivity contribution in [2.75, 3.05) is 13.2 Å². The van der Waals surface area contributed by atoms with Gasteiger partial charge >= 0.3 is 0 Å². The number of ether oxygens (including phenoxy) is 1. The Hall–Kier alpha value is -1.88. The van der Waals surface area contributed by atoms with Crippen LogP contribution >= 0.6 is 12.2 Å². The largest absolute Gasteiger partial charge is 0.493 e. The fourth-order valence-electron chi connectivity index (χ4n) is 1.24.